The molecule has 0 spiro atoms. The molecule has 0 saturated heterocycles. The largest absolute Gasteiger partial charge is 0.396 e. The Kier molecular flexibility index (Phi) is 11.4. The second kappa shape index (κ2) is 12.5. The third-order valence-corrected chi connectivity index (χ3v) is 6.64. The van der Waals surface area contributed by atoms with Gasteiger partial charge in [-0.25, -0.2) is 0 Å². The molecule has 4 nitrogen and oxygen atoms in total. The number of ether oxygens (including phenoxy) is 1. The molecule has 0 aliphatic carbocycles. The minimum absolute atomic E-state index is 0.125. The van der Waals surface area contributed by atoms with E-state index in [0.29, 0.717) is 12.5 Å². The van der Waals surface area contributed by atoms with Gasteiger partial charge in [-0.3, -0.25) is 0 Å². The van der Waals surface area contributed by atoms with Crippen molar-refractivity contribution >= 4 is 0 Å². The van der Waals surface area contributed by atoms with E-state index >= 15 is 0 Å². The van der Waals surface area contributed by atoms with Gasteiger partial charge in [0.15, 0.2) is 0 Å². The summed E-state index contributed by atoms with van der Waals surface area (Å²) in [5.41, 5.74) is 5.13. The first-order chi connectivity index (χ1) is 14.8. The van der Waals surface area contributed by atoms with Crippen molar-refractivity contribution in [2.45, 2.75) is 98.3 Å². The molecule has 3 N–H and O–H groups in total. The van der Waals surface area contributed by atoms with Crippen LogP contribution in [0, 0.1) is 18.3 Å². The van der Waals surface area contributed by atoms with Gasteiger partial charge in [0.05, 0.1) is 31.8 Å². The predicted octanol–water partition coefficient (Wildman–Crippen LogP) is 5.31. The van der Waals surface area contributed by atoms with Crippen molar-refractivity contribution in [3.63, 3.8) is 0 Å². The lowest BCUT2D eigenvalue weighted by Gasteiger charge is -2.31. The maximum absolute atomic E-state index is 9.46. The molecule has 1 atom stereocenters. The summed E-state index contributed by atoms with van der Waals surface area (Å²) in [5.74, 6) is 0.450. The zero-order valence-corrected chi connectivity index (χ0v) is 22.1. The number of aliphatic hydroxyl groups is 3. The predicted molar refractivity (Wildman–Crippen MR) is 134 cm³/mol. The highest BCUT2D eigenvalue weighted by atomic mass is 16.5. The van der Waals surface area contributed by atoms with Crippen LogP contribution < -0.4 is 0 Å². The SMILES string of the molecule is CCC(CCCCc1c(C(C)(C)C)cc(C)cc1C(C)(C)C)COCC(CO)(CO)CO. The maximum atomic E-state index is 9.46. The van der Waals surface area contributed by atoms with Crippen molar-refractivity contribution in [1.82, 2.24) is 0 Å². The average molecular weight is 451 g/mol. The van der Waals surface area contributed by atoms with Crippen molar-refractivity contribution in [1.29, 1.82) is 0 Å². The summed E-state index contributed by atoms with van der Waals surface area (Å²) in [7, 11) is 0. The van der Waals surface area contributed by atoms with Crippen LogP contribution in [0.5, 0.6) is 0 Å². The highest BCUT2D eigenvalue weighted by Crippen LogP contribution is 2.36. The Labute approximate surface area is 197 Å². The van der Waals surface area contributed by atoms with Crippen molar-refractivity contribution in [3.8, 4) is 0 Å². The molecular formula is C28H50O4. The Morgan fingerprint density at radius 3 is 1.75 bits per heavy atom. The molecule has 0 aliphatic rings. The van der Waals surface area contributed by atoms with Gasteiger partial charge < -0.3 is 20.1 Å². The quantitative estimate of drug-likeness (QED) is 0.356. The van der Waals surface area contributed by atoms with Crippen molar-refractivity contribution in [3.05, 3.63) is 34.4 Å². The number of unbranched alkanes of at least 4 members (excludes halogenated alkanes) is 1. The average Bonchev–Trinajstić information content (AvgIpc) is 2.72. The van der Waals surface area contributed by atoms with E-state index in [1.807, 2.05) is 0 Å². The van der Waals surface area contributed by atoms with E-state index < -0.39 is 5.41 Å². The summed E-state index contributed by atoms with van der Waals surface area (Å²) in [6, 6.07) is 4.76. The van der Waals surface area contributed by atoms with Gasteiger partial charge in [-0.05, 0) is 59.6 Å². The molecule has 0 saturated carbocycles. The van der Waals surface area contributed by atoms with Gasteiger partial charge in [-0.1, -0.05) is 79.0 Å². The highest BCUT2D eigenvalue weighted by Gasteiger charge is 2.29. The van der Waals surface area contributed by atoms with Gasteiger partial charge in [0, 0.05) is 6.61 Å². The number of hydrogen-bond donors (Lipinski definition) is 3. The van der Waals surface area contributed by atoms with Crippen LogP contribution in [0.2, 0.25) is 0 Å². The first-order valence-electron chi connectivity index (χ1n) is 12.4. The lowest BCUT2D eigenvalue weighted by molar-refractivity contribution is -0.0645. The third-order valence-electron chi connectivity index (χ3n) is 6.64. The van der Waals surface area contributed by atoms with Crippen LogP contribution in [-0.2, 0) is 22.0 Å². The van der Waals surface area contributed by atoms with Crippen LogP contribution >= 0.6 is 0 Å². The first-order valence-corrected chi connectivity index (χ1v) is 12.4. The van der Waals surface area contributed by atoms with Gasteiger partial charge in [-0.15, -0.1) is 0 Å². The first kappa shape index (κ1) is 29.1. The number of aliphatic hydroxyl groups excluding tert-OH is 3. The normalized spacial score (nSPS) is 14.1. The molecule has 0 heterocycles. The van der Waals surface area contributed by atoms with E-state index in [4.69, 9.17) is 4.74 Å². The summed E-state index contributed by atoms with van der Waals surface area (Å²) in [5, 5.41) is 28.4. The van der Waals surface area contributed by atoms with Crippen LogP contribution in [-0.4, -0.2) is 48.4 Å². The van der Waals surface area contributed by atoms with E-state index in [1.165, 1.54) is 22.3 Å². The van der Waals surface area contributed by atoms with E-state index in [1.54, 1.807) is 0 Å². The molecule has 1 rings (SSSR count). The second-order valence-electron chi connectivity index (χ2n) is 11.8. The molecule has 1 unspecified atom stereocenters. The fourth-order valence-electron chi connectivity index (χ4n) is 4.29. The smallest absolute Gasteiger partial charge is 0.0629 e. The highest BCUT2D eigenvalue weighted by molar-refractivity contribution is 5.45. The van der Waals surface area contributed by atoms with Gasteiger partial charge in [0.1, 0.15) is 0 Å². The molecule has 0 fully saturated rings. The Bertz CT molecular complexity index is 634. The zero-order valence-electron chi connectivity index (χ0n) is 22.1. The van der Waals surface area contributed by atoms with E-state index in [2.05, 4.69) is 67.5 Å². The summed E-state index contributed by atoms with van der Waals surface area (Å²) >= 11 is 0. The summed E-state index contributed by atoms with van der Waals surface area (Å²) in [6.07, 6.45) is 5.53. The lowest BCUT2D eigenvalue weighted by atomic mass is 9.74. The fraction of sp³-hybridized carbons (Fsp3) is 0.786. The van der Waals surface area contributed by atoms with Gasteiger partial charge in [0.25, 0.3) is 0 Å². The second-order valence-corrected chi connectivity index (χ2v) is 11.8. The molecule has 0 amide bonds. The van der Waals surface area contributed by atoms with Gasteiger partial charge in [0.2, 0.25) is 0 Å². The molecule has 0 aromatic heterocycles. The van der Waals surface area contributed by atoms with Crippen molar-refractivity contribution < 1.29 is 20.1 Å². The molecule has 32 heavy (non-hydrogen) atoms. The minimum Gasteiger partial charge on any atom is -0.396 e. The number of benzene rings is 1. The van der Waals surface area contributed by atoms with Gasteiger partial charge in [-0.2, -0.15) is 0 Å². The molecule has 186 valence electrons. The lowest BCUT2D eigenvalue weighted by Crippen LogP contribution is -2.39. The molecule has 0 radical (unpaired) electrons. The number of hydrogen-bond acceptors (Lipinski definition) is 4. The standard InChI is InChI=1S/C28H50O4/c1-9-22(16-32-20-28(17-29,18-30)19-31)12-10-11-13-23-24(26(3,4)5)14-21(2)15-25(23)27(6,7)8/h14-15,22,29-31H,9-13,16-20H2,1-8H3. The summed E-state index contributed by atoms with van der Waals surface area (Å²) in [6.45, 7) is 18.2. The Morgan fingerprint density at radius 2 is 1.34 bits per heavy atom. The molecular weight excluding hydrogens is 400 g/mol. The number of aryl methyl sites for hydroxylation is 1. The Hall–Kier alpha value is -0.940. The third kappa shape index (κ3) is 8.44. The van der Waals surface area contributed by atoms with Gasteiger partial charge >= 0.3 is 0 Å². The van der Waals surface area contributed by atoms with Crippen LogP contribution in [0.25, 0.3) is 0 Å². The van der Waals surface area contributed by atoms with E-state index in [-0.39, 0.29) is 37.3 Å². The fourth-order valence-corrected chi connectivity index (χ4v) is 4.29. The monoisotopic (exact) mass is 450 g/mol. The zero-order chi connectivity index (χ0) is 24.6. The van der Waals surface area contributed by atoms with E-state index in [9.17, 15) is 15.3 Å². The summed E-state index contributed by atoms with van der Waals surface area (Å²) in [4.78, 5) is 0. The molecule has 1 aromatic carbocycles. The maximum Gasteiger partial charge on any atom is 0.0629 e. The van der Waals surface area contributed by atoms with Crippen molar-refractivity contribution in [2.75, 3.05) is 33.0 Å². The Balaban J connectivity index is 2.76. The topological polar surface area (TPSA) is 69.9 Å². The van der Waals surface area contributed by atoms with Crippen LogP contribution in [0.4, 0.5) is 0 Å². The Morgan fingerprint density at radius 1 is 0.844 bits per heavy atom. The molecule has 4 heteroatoms. The van der Waals surface area contributed by atoms with Crippen molar-refractivity contribution in [2.24, 2.45) is 11.3 Å². The van der Waals surface area contributed by atoms with E-state index in [0.717, 1.165) is 32.1 Å². The van der Waals surface area contributed by atoms with Crippen LogP contribution in [0.3, 0.4) is 0 Å². The molecule has 0 bridgehead atoms. The van der Waals surface area contributed by atoms with Crippen LogP contribution in [0.15, 0.2) is 12.1 Å². The summed E-state index contributed by atoms with van der Waals surface area (Å²) < 4.78 is 5.80. The number of rotatable bonds is 13. The van der Waals surface area contributed by atoms with Crippen LogP contribution in [0.1, 0.15) is 96.4 Å². The molecule has 1 aromatic rings. The minimum atomic E-state index is -0.948. The molecule has 0 aliphatic heterocycles.